The Labute approximate surface area is 503 Å². The van der Waals surface area contributed by atoms with Crippen molar-refractivity contribution in [3.05, 3.63) is 35.9 Å². The number of hydrogen-bond donors (Lipinski definition) is 17. The zero-order valence-corrected chi connectivity index (χ0v) is 51.0. The number of benzene rings is 1. The van der Waals surface area contributed by atoms with Crippen LogP contribution in [0.5, 0.6) is 0 Å². The summed E-state index contributed by atoms with van der Waals surface area (Å²) < 4.78 is 0. The van der Waals surface area contributed by atoms with Crippen LogP contribution < -0.4 is 81.4 Å². The normalized spacial score (nSPS) is 22.5. The van der Waals surface area contributed by atoms with Gasteiger partial charge in [-0.15, -0.1) is 0 Å². The second-order valence-corrected chi connectivity index (χ2v) is 22.6. The number of nitrogens with one attached hydrogen (secondary N) is 11. The van der Waals surface area contributed by atoms with Crippen molar-refractivity contribution in [2.45, 2.75) is 197 Å². The molecule has 1 saturated heterocycles. The van der Waals surface area contributed by atoms with Gasteiger partial charge in [0.05, 0.1) is 12.2 Å². The number of amides is 11. The molecule has 29 heteroatoms. The third-order valence-corrected chi connectivity index (χ3v) is 14.5. The lowest BCUT2D eigenvalue weighted by atomic mass is 10.00. The Hall–Kier alpha value is -6.50. The van der Waals surface area contributed by atoms with Crippen LogP contribution >= 0.6 is 11.8 Å². The molecule has 1 heterocycles. The fourth-order valence-corrected chi connectivity index (χ4v) is 9.57. The highest BCUT2D eigenvalue weighted by Gasteiger charge is 2.37. The van der Waals surface area contributed by atoms with Crippen LogP contribution in [0.15, 0.2) is 30.3 Å². The van der Waals surface area contributed by atoms with Crippen molar-refractivity contribution in [3.8, 4) is 0 Å². The molecule has 28 nitrogen and oxygen atoms in total. The molecule has 2 rings (SSSR count). The summed E-state index contributed by atoms with van der Waals surface area (Å²) in [6, 6.07) is -5.93. The lowest BCUT2D eigenvalue weighted by Crippen LogP contribution is -2.62. The van der Waals surface area contributed by atoms with E-state index in [-0.39, 0.29) is 89.2 Å². The van der Waals surface area contributed by atoms with Gasteiger partial charge in [0.1, 0.15) is 60.4 Å². The van der Waals surface area contributed by atoms with Gasteiger partial charge in [-0.2, -0.15) is 11.8 Å². The Kier molecular flexibility index (Phi) is 35.8. The van der Waals surface area contributed by atoms with E-state index in [0.717, 1.165) is 25.7 Å². The van der Waals surface area contributed by atoms with Crippen LogP contribution in [0.1, 0.15) is 124 Å². The molecular weight excluding hydrogens is 1120 g/mol. The van der Waals surface area contributed by atoms with E-state index in [2.05, 4.69) is 65.4 Å². The molecule has 0 radical (unpaired) electrons. The van der Waals surface area contributed by atoms with Crippen LogP contribution in [-0.4, -0.2) is 193 Å². The van der Waals surface area contributed by atoms with Gasteiger partial charge in [0.15, 0.2) is 0 Å². The number of rotatable bonds is 30. The van der Waals surface area contributed by atoms with E-state index in [9.17, 15) is 63.0 Å². The average molecular weight is 1220 g/mol. The maximum absolute atomic E-state index is 14.6. The lowest BCUT2D eigenvalue weighted by molar-refractivity contribution is -0.137. The number of aliphatic hydroxyl groups is 2. The molecule has 0 saturated carbocycles. The van der Waals surface area contributed by atoms with E-state index in [1.54, 1.807) is 50.4 Å². The Morgan fingerprint density at radius 3 is 1.65 bits per heavy atom. The molecule has 0 aliphatic carbocycles. The molecule has 0 aromatic heterocycles. The number of unbranched alkanes of at least 4 members (excludes halogenated alkanes) is 4. The molecule has 0 unspecified atom stereocenters. The predicted octanol–water partition coefficient (Wildman–Crippen LogP) is -4.09. The molecule has 85 heavy (non-hydrogen) atoms. The standard InChI is InChI=1S/C56H97N15O13S/c1-7-8-9-10-14-17-44(74)62-36(18-24-57)51(79)71-46(34(5)73)56(84)67-41(23-29-85-6)50(78)66-40-22-28-61-55(83)45(33(4)72)70-52(80)39(21-27-60)64-47(75)37(19-25-58)65-53(81)42(30-32(2)3)68-54(82)43(31-35-15-12-11-13-16-35)69-48(76)38(20-26-59)63-49(40)77/h11-13,15-16,32-34,36-43,45-46,72-73H,7-10,14,17-31,57-60H2,1-6H3,(H,61,83)(H,62,74)(H,63,77)(H,64,75)(H,65,81)(H,66,78)(H,67,84)(H,68,82)(H,69,76)(H,70,80)(H,71,79)/t33-,34-,36+,37+,38+,39+,40+,41+,42+,43-,45+,46+/m1/s1. The van der Waals surface area contributed by atoms with Gasteiger partial charge in [0, 0.05) is 19.4 Å². The summed E-state index contributed by atoms with van der Waals surface area (Å²) >= 11 is 1.30. The van der Waals surface area contributed by atoms with E-state index >= 15 is 0 Å². The van der Waals surface area contributed by atoms with Gasteiger partial charge < -0.3 is 91.6 Å². The molecule has 21 N–H and O–H groups in total. The quantitative estimate of drug-likeness (QED) is 0.0326. The van der Waals surface area contributed by atoms with Crippen LogP contribution in [0, 0.1) is 5.92 Å². The predicted molar refractivity (Wildman–Crippen MR) is 321 cm³/mol. The van der Waals surface area contributed by atoms with E-state index < -0.39 is 151 Å². The highest BCUT2D eigenvalue weighted by atomic mass is 32.2. The van der Waals surface area contributed by atoms with E-state index in [4.69, 9.17) is 22.9 Å². The van der Waals surface area contributed by atoms with Gasteiger partial charge in [0.25, 0.3) is 0 Å². The number of thioether (sulfide) groups is 1. The topological polar surface area (TPSA) is 465 Å². The zero-order chi connectivity index (χ0) is 63.6. The monoisotopic (exact) mass is 1220 g/mol. The lowest BCUT2D eigenvalue weighted by Gasteiger charge is -2.29. The fourth-order valence-electron chi connectivity index (χ4n) is 9.10. The molecule has 0 spiro atoms. The molecule has 1 fully saturated rings. The van der Waals surface area contributed by atoms with Gasteiger partial charge in [-0.3, -0.25) is 52.7 Å². The second-order valence-electron chi connectivity index (χ2n) is 21.7. The van der Waals surface area contributed by atoms with Crippen LogP contribution in [-0.2, 0) is 59.2 Å². The average Bonchev–Trinajstić information content (AvgIpc) is 3.61. The SMILES string of the molecule is CCCCCCCC(=O)N[C@@H](CCN)C(=O)N[C@H](C(=O)N[C@@H](CCSC)C(=O)N[C@H]1CCNC(=O)[C@H]([C@@H](C)O)NC(=O)[C@H](CCN)NC(=O)[C@H](CCN)NC(=O)[C@H](CC(C)C)NC(=O)[C@@H](Cc2ccccc2)NC(=O)[C@H](CCN)NC1=O)[C@@H](C)O. The maximum atomic E-state index is 14.6. The van der Waals surface area contributed by atoms with Crippen LogP contribution in [0.2, 0.25) is 0 Å². The third-order valence-electron chi connectivity index (χ3n) is 13.9. The molecule has 1 aromatic rings. The summed E-state index contributed by atoms with van der Waals surface area (Å²) in [5, 5.41) is 50.1. The summed E-state index contributed by atoms with van der Waals surface area (Å²) in [7, 11) is 0. The highest BCUT2D eigenvalue weighted by molar-refractivity contribution is 7.98. The highest BCUT2D eigenvalue weighted by Crippen LogP contribution is 2.12. The van der Waals surface area contributed by atoms with Crippen LogP contribution in [0.4, 0.5) is 0 Å². The third kappa shape index (κ3) is 27.6. The summed E-state index contributed by atoms with van der Waals surface area (Å²) in [6.45, 7) is 7.21. The van der Waals surface area contributed by atoms with Crippen molar-refractivity contribution in [3.63, 3.8) is 0 Å². The summed E-state index contributed by atoms with van der Waals surface area (Å²) in [5.74, 6) is -9.41. The van der Waals surface area contributed by atoms with Crippen LogP contribution in [0.3, 0.4) is 0 Å². The van der Waals surface area contributed by atoms with Gasteiger partial charge in [-0.1, -0.05) is 76.8 Å². The molecule has 480 valence electrons. The van der Waals surface area contributed by atoms with Gasteiger partial charge in [-0.25, -0.2) is 0 Å². The number of aliphatic hydroxyl groups excluding tert-OH is 2. The molecule has 0 bridgehead atoms. The minimum absolute atomic E-state index is 0.0000946. The van der Waals surface area contributed by atoms with Crippen molar-refractivity contribution in [2.24, 2.45) is 28.9 Å². The Bertz CT molecular complexity index is 2300. The first-order valence-electron chi connectivity index (χ1n) is 29.4. The van der Waals surface area contributed by atoms with Crippen molar-refractivity contribution in [1.29, 1.82) is 0 Å². The Balaban J connectivity index is 2.71. The Morgan fingerprint density at radius 1 is 0.600 bits per heavy atom. The van der Waals surface area contributed by atoms with Crippen LogP contribution in [0.25, 0.3) is 0 Å². The summed E-state index contributed by atoms with van der Waals surface area (Å²) in [5.41, 5.74) is 24.1. The zero-order valence-electron chi connectivity index (χ0n) is 50.1. The maximum Gasteiger partial charge on any atom is 0.245 e. The molecule has 12 atom stereocenters. The first-order chi connectivity index (χ1) is 40.4. The number of hydrogen-bond acceptors (Lipinski definition) is 18. The van der Waals surface area contributed by atoms with Crippen molar-refractivity contribution in [1.82, 2.24) is 58.5 Å². The second kappa shape index (κ2) is 40.7. The molecule has 11 amide bonds. The van der Waals surface area contributed by atoms with Crippen molar-refractivity contribution >= 4 is 76.7 Å². The fraction of sp³-hybridized carbons (Fsp3) is 0.696. The van der Waals surface area contributed by atoms with Gasteiger partial charge in [0.2, 0.25) is 65.0 Å². The summed E-state index contributed by atoms with van der Waals surface area (Å²) in [4.78, 5) is 154. The van der Waals surface area contributed by atoms with Crippen molar-refractivity contribution in [2.75, 3.05) is 44.7 Å². The van der Waals surface area contributed by atoms with E-state index in [1.807, 2.05) is 0 Å². The number of carbonyl (C=O) groups is 11. The first kappa shape index (κ1) is 74.6. The Morgan fingerprint density at radius 2 is 1.12 bits per heavy atom. The number of nitrogens with two attached hydrogens (primary N) is 4. The van der Waals surface area contributed by atoms with E-state index in [1.165, 1.54) is 25.6 Å². The molecular formula is C56H97N15O13S. The van der Waals surface area contributed by atoms with Gasteiger partial charge >= 0.3 is 0 Å². The minimum atomic E-state index is -1.68. The van der Waals surface area contributed by atoms with E-state index in [0.29, 0.717) is 12.0 Å². The molecule has 1 aliphatic rings. The first-order valence-corrected chi connectivity index (χ1v) is 30.8. The summed E-state index contributed by atoms with van der Waals surface area (Å²) in [6.07, 6.45) is 2.14. The van der Waals surface area contributed by atoms with Gasteiger partial charge in [-0.05, 0) is 115 Å². The largest absolute Gasteiger partial charge is 0.391 e. The smallest absolute Gasteiger partial charge is 0.245 e. The number of carbonyl (C=O) groups excluding carboxylic acids is 11. The minimum Gasteiger partial charge on any atom is -0.391 e. The molecule has 1 aliphatic heterocycles. The molecule has 1 aromatic carbocycles. The van der Waals surface area contributed by atoms with Crippen molar-refractivity contribution < 1.29 is 63.0 Å².